The van der Waals surface area contributed by atoms with Crippen molar-refractivity contribution in [2.45, 2.75) is 68.2 Å². The van der Waals surface area contributed by atoms with Gasteiger partial charge in [0.15, 0.2) is 0 Å². The Labute approximate surface area is 333 Å². The third-order valence-electron chi connectivity index (χ3n) is 9.07. The second-order valence-corrected chi connectivity index (χ2v) is 20.9. The van der Waals surface area contributed by atoms with Crippen molar-refractivity contribution >= 4 is 67.6 Å². The molecule has 0 aliphatic carbocycles. The van der Waals surface area contributed by atoms with Gasteiger partial charge in [-0.2, -0.15) is 0 Å². The van der Waals surface area contributed by atoms with Crippen molar-refractivity contribution < 1.29 is 25.8 Å². The topological polar surface area (TPSA) is 35.0 Å². The van der Waals surface area contributed by atoms with E-state index < -0.39 is 0 Å². The molecule has 0 N–H and O–H groups in total. The van der Waals surface area contributed by atoms with Crippen molar-refractivity contribution in [2.75, 3.05) is 0 Å². The van der Waals surface area contributed by atoms with E-state index in [9.17, 15) is 0 Å². The summed E-state index contributed by atoms with van der Waals surface area (Å²) >= 11 is 0.489. The molecule has 6 heteroatoms. The quantitative estimate of drug-likeness (QED) is 0.123. The minimum atomic E-state index is 0. The summed E-state index contributed by atoms with van der Waals surface area (Å²) in [4.78, 5) is 9.88. The maximum absolute atomic E-state index is 6.61. The molecular weight excluding hydrogens is 950 g/mol. The molecule has 3 nitrogen and oxygen atoms in total. The zero-order valence-corrected chi connectivity index (χ0v) is 36.6. The van der Waals surface area contributed by atoms with Gasteiger partial charge in [-0.3, -0.25) is 0 Å². The molecule has 52 heavy (non-hydrogen) atoms. The Hall–Kier alpha value is -3.29. The second kappa shape index (κ2) is 14.2. The number of hydrogen-bond donors (Lipinski definition) is 0. The van der Waals surface area contributed by atoms with Crippen LogP contribution in [-0.4, -0.2) is 39.0 Å². The summed E-state index contributed by atoms with van der Waals surface area (Å²) in [5.41, 5.74) is 9.35. The Morgan fingerprint density at radius 3 is 1.38 bits per heavy atom. The van der Waals surface area contributed by atoms with Crippen molar-refractivity contribution in [1.29, 1.82) is 0 Å². The maximum Gasteiger partial charge on any atom is 2.00 e. The predicted octanol–water partition coefficient (Wildman–Crippen LogP) is 11.7. The van der Waals surface area contributed by atoms with Crippen molar-refractivity contribution in [2.24, 2.45) is 10.8 Å². The van der Waals surface area contributed by atoms with Crippen LogP contribution in [0.2, 0.25) is 0 Å². The number of aromatic nitrogens is 2. The number of aryl methyl sites for hydroxylation is 2. The first-order valence-corrected chi connectivity index (χ1v) is 21.1. The van der Waals surface area contributed by atoms with E-state index in [2.05, 4.69) is 128 Å². The zero-order chi connectivity index (χ0) is 35.7. The summed E-state index contributed by atoms with van der Waals surface area (Å²) in [6.07, 6.45) is 6.03. The molecule has 0 bridgehead atoms. The number of benzene rings is 4. The summed E-state index contributed by atoms with van der Waals surface area (Å²) in [5, 5.41) is 5.08. The van der Waals surface area contributed by atoms with E-state index in [0.717, 1.165) is 46.5 Å². The summed E-state index contributed by atoms with van der Waals surface area (Å²) in [5.74, 6) is 1.32. The van der Waals surface area contributed by atoms with Crippen LogP contribution in [0.3, 0.4) is 0 Å². The van der Waals surface area contributed by atoms with Crippen LogP contribution < -0.4 is 4.74 Å². The molecule has 0 saturated carbocycles. The fourth-order valence-electron chi connectivity index (χ4n) is 7.23. The number of nitrogens with zero attached hydrogens (tertiary/aromatic N) is 2. The Balaban J connectivity index is 0.00000420. The van der Waals surface area contributed by atoms with Gasteiger partial charge < -0.3 is 0 Å². The van der Waals surface area contributed by atoms with Gasteiger partial charge in [-0.05, 0) is 0 Å². The van der Waals surface area contributed by atoms with E-state index in [1.807, 2.05) is 24.5 Å². The molecule has 0 amide bonds. The number of fused-ring (bicyclic) bond motifs is 6. The van der Waals surface area contributed by atoms with Crippen LogP contribution in [0.15, 0.2) is 85.2 Å². The molecule has 0 atom stereocenters. The molecule has 4 aromatic heterocycles. The monoisotopic (exact) mass is 993 g/mol. The Morgan fingerprint density at radius 2 is 0.981 bits per heavy atom. The van der Waals surface area contributed by atoms with Gasteiger partial charge in [0, 0.05) is 0 Å². The molecule has 0 fully saturated rings. The van der Waals surface area contributed by atoms with Crippen LogP contribution in [0, 0.1) is 36.8 Å². The van der Waals surface area contributed by atoms with E-state index >= 15 is 0 Å². The van der Waals surface area contributed by atoms with Gasteiger partial charge in [-0.25, -0.2) is 0 Å². The molecule has 4 aromatic carbocycles. The van der Waals surface area contributed by atoms with Crippen molar-refractivity contribution in [3.05, 3.63) is 120 Å². The van der Waals surface area contributed by atoms with Crippen LogP contribution in [0.4, 0.5) is 0 Å². The van der Waals surface area contributed by atoms with E-state index in [1.54, 1.807) is 0 Å². The van der Waals surface area contributed by atoms with Gasteiger partial charge in [0.1, 0.15) is 0 Å². The Kier molecular flexibility index (Phi) is 10.1. The maximum atomic E-state index is 6.61. The van der Waals surface area contributed by atoms with Gasteiger partial charge in [0.05, 0.1) is 0 Å². The predicted molar refractivity (Wildman–Crippen MR) is 217 cm³/mol. The largest absolute Gasteiger partial charge is 2.00 e. The summed E-state index contributed by atoms with van der Waals surface area (Å²) < 4.78 is 12.2. The van der Waals surface area contributed by atoms with Gasteiger partial charge in [0.25, 0.3) is 0 Å². The molecule has 0 aliphatic rings. The second-order valence-electron chi connectivity index (χ2n) is 16.4. The smallest absolute Gasteiger partial charge is 2.00 e. The minimum Gasteiger partial charge on any atom is 2.00 e. The average molecular weight is 992 g/mol. The third-order valence-corrected chi connectivity index (χ3v) is 13.8. The van der Waals surface area contributed by atoms with E-state index in [4.69, 9.17) is 14.7 Å². The van der Waals surface area contributed by atoms with E-state index in [1.165, 1.54) is 49.7 Å². The van der Waals surface area contributed by atoms with Crippen LogP contribution >= 0.6 is 0 Å². The fraction of sp³-hybridized carbons (Fsp3) is 0.261. The molecule has 8 rings (SSSR count). The minimum absolute atomic E-state index is 0. The van der Waals surface area contributed by atoms with Crippen LogP contribution in [-0.2, 0) is 33.9 Å². The zero-order valence-electron chi connectivity index (χ0n) is 30.9. The van der Waals surface area contributed by atoms with Gasteiger partial charge in [-0.1, -0.05) is 0 Å². The third kappa shape index (κ3) is 7.68. The summed E-state index contributed by atoms with van der Waals surface area (Å²) in [6.45, 7) is 18.0. The van der Waals surface area contributed by atoms with Crippen LogP contribution in [0.5, 0.6) is 11.5 Å². The van der Waals surface area contributed by atoms with Crippen LogP contribution in [0.25, 0.3) is 61.1 Å². The Bertz CT molecular complexity index is 2440. The molecule has 0 radical (unpaired) electrons. The molecule has 0 aliphatic heterocycles. The molecule has 264 valence electrons. The van der Waals surface area contributed by atoms with Gasteiger partial charge in [-0.15, -0.1) is 0 Å². The number of pyridine rings is 2. The summed E-state index contributed by atoms with van der Waals surface area (Å²) in [7, 11) is 0. The number of ether oxygens (including phenoxy) is 1. The average Bonchev–Trinajstić information content (AvgIpc) is 3.60. The van der Waals surface area contributed by atoms with Crippen molar-refractivity contribution in [3.63, 3.8) is 0 Å². The number of rotatable bonds is 6. The van der Waals surface area contributed by atoms with Gasteiger partial charge >= 0.3 is 336 Å². The molecule has 8 aromatic rings. The molecule has 4 heterocycles. The first-order valence-electron chi connectivity index (χ1n) is 17.6. The number of hydrogen-bond acceptors (Lipinski definition) is 3. The molecular formula is C46H42N2OPtSe2. The fourth-order valence-corrected chi connectivity index (χ4v) is 12.1. The first-order chi connectivity index (χ1) is 24.3. The normalized spacial score (nSPS) is 12.2. The van der Waals surface area contributed by atoms with E-state index in [-0.39, 0.29) is 60.9 Å². The van der Waals surface area contributed by atoms with Crippen LogP contribution in [0.1, 0.15) is 63.8 Å². The molecule has 0 saturated heterocycles. The van der Waals surface area contributed by atoms with Crippen molar-refractivity contribution in [3.8, 4) is 34.0 Å². The molecule has 0 unspecified atom stereocenters. The SMILES string of the molecule is Cc1cc(Oc2[c-]c(-c3nccc4[se]c5cc(CC(C)(C)C)ccc5c34)cc(C)c2)[c-]c(-c2nccc3[se]c4cc(CC(C)(C)C)ccc4c23)c1.[Pt+2]. The van der Waals surface area contributed by atoms with Crippen molar-refractivity contribution in [1.82, 2.24) is 9.97 Å². The Morgan fingerprint density at radius 1 is 0.558 bits per heavy atom. The molecule has 0 spiro atoms. The van der Waals surface area contributed by atoms with Gasteiger partial charge in [0.2, 0.25) is 0 Å². The first kappa shape index (κ1) is 37.0. The summed E-state index contributed by atoms with van der Waals surface area (Å²) in [6, 6.07) is 34.1. The standard InChI is InChI=1S/C46H42N2OSe2.Pt/c1-27-17-31(43-41-35-11-9-29(25-45(3,4)5)21-39(35)50-37(41)13-15-47-43)23-33(19-27)49-34-20-28(2)18-32(24-34)44-42-36-12-10-30(26-46(6,7)8)22-40(36)51-38(42)14-16-48-44;/h9-22H,25-26H2,1-8H3;/q-2;+2. The van der Waals surface area contributed by atoms with E-state index in [0.29, 0.717) is 11.5 Å².